The fourth-order valence-corrected chi connectivity index (χ4v) is 1.83. The van der Waals surface area contributed by atoms with E-state index >= 15 is 0 Å². The van der Waals surface area contributed by atoms with Gasteiger partial charge < -0.3 is 10.1 Å². The van der Waals surface area contributed by atoms with Crippen molar-refractivity contribution in [1.29, 1.82) is 0 Å². The van der Waals surface area contributed by atoms with Gasteiger partial charge in [0.25, 0.3) is 6.43 Å². The van der Waals surface area contributed by atoms with E-state index in [2.05, 4.69) is 5.32 Å². The molecule has 100 valence electrons. The minimum atomic E-state index is -2.44. The van der Waals surface area contributed by atoms with Crippen molar-refractivity contribution < 1.29 is 13.5 Å². The summed E-state index contributed by atoms with van der Waals surface area (Å²) in [6.45, 7) is 0.473. The number of nitrogens with one attached hydrogen (secondary N) is 1. The number of ether oxygens (including phenoxy) is 1. The number of hydrogen-bond donors (Lipinski definition) is 1. The second-order valence-electron chi connectivity index (χ2n) is 4.10. The molecule has 0 bridgehead atoms. The summed E-state index contributed by atoms with van der Waals surface area (Å²) < 4.78 is 30.4. The third-order valence-electron chi connectivity index (χ3n) is 2.79. The molecule has 0 atom stereocenters. The summed E-state index contributed by atoms with van der Waals surface area (Å²) >= 11 is 0. The van der Waals surface area contributed by atoms with E-state index in [0.29, 0.717) is 6.54 Å². The van der Waals surface area contributed by atoms with Gasteiger partial charge in [0.05, 0.1) is 12.8 Å². The lowest BCUT2D eigenvalue weighted by molar-refractivity contribution is 0.151. The van der Waals surface area contributed by atoms with E-state index < -0.39 is 6.43 Å². The van der Waals surface area contributed by atoms with E-state index in [-0.39, 0.29) is 5.56 Å². The lowest BCUT2D eigenvalue weighted by Crippen LogP contribution is -2.01. The Morgan fingerprint density at radius 2 is 1.89 bits per heavy atom. The van der Waals surface area contributed by atoms with Crippen molar-refractivity contribution in [3.63, 3.8) is 0 Å². The zero-order valence-electron chi connectivity index (χ0n) is 10.6. The minimum absolute atomic E-state index is 0.0410. The van der Waals surface area contributed by atoms with Crippen LogP contribution in [0.2, 0.25) is 0 Å². The van der Waals surface area contributed by atoms with E-state index in [4.69, 9.17) is 4.74 Å². The van der Waals surface area contributed by atoms with E-state index in [1.54, 1.807) is 13.2 Å². The molecule has 0 aliphatic rings. The first-order valence-electron chi connectivity index (χ1n) is 5.94. The first-order chi connectivity index (χ1) is 9.20. The standard InChI is InChI=1S/C15H15F2NO/c1-19-14-8-3-2-7-13(14)18-10-11-5-4-6-12(9-11)15(16)17/h2-9,15,18H,10H2,1H3. The molecule has 2 aromatic carbocycles. The van der Waals surface area contributed by atoms with Gasteiger partial charge in [-0.1, -0.05) is 30.3 Å². The average molecular weight is 263 g/mol. The van der Waals surface area contributed by atoms with Gasteiger partial charge in [-0.05, 0) is 23.8 Å². The van der Waals surface area contributed by atoms with Crippen molar-refractivity contribution in [3.05, 3.63) is 59.7 Å². The van der Waals surface area contributed by atoms with Crippen LogP contribution < -0.4 is 10.1 Å². The van der Waals surface area contributed by atoms with Gasteiger partial charge in [-0.15, -0.1) is 0 Å². The molecule has 0 heterocycles. The van der Waals surface area contributed by atoms with Gasteiger partial charge in [0.1, 0.15) is 5.75 Å². The Morgan fingerprint density at radius 1 is 1.11 bits per heavy atom. The highest BCUT2D eigenvalue weighted by molar-refractivity contribution is 5.56. The van der Waals surface area contributed by atoms with Crippen LogP contribution in [0.3, 0.4) is 0 Å². The predicted octanol–water partition coefficient (Wildman–Crippen LogP) is 4.24. The van der Waals surface area contributed by atoms with Crippen LogP contribution in [0, 0.1) is 0 Å². The van der Waals surface area contributed by atoms with Crippen molar-refractivity contribution in [3.8, 4) is 5.75 Å². The molecule has 2 aromatic rings. The molecule has 2 rings (SSSR count). The monoisotopic (exact) mass is 263 g/mol. The molecule has 0 aromatic heterocycles. The van der Waals surface area contributed by atoms with Crippen LogP contribution in [0.25, 0.3) is 0 Å². The van der Waals surface area contributed by atoms with Crippen LogP contribution in [0.4, 0.5) is 14.5 Å². The van der Waals surface area contributed by atoms with Gasteiger partial charge in [0, 0.05) is 12.1 Å². The number of halogens is 2. The number of methoxy groups -OCH3 is 1. The molecule has 4 heteroatoms. The summed E-state index contributed by atoms with van der Waals surface area (Å²) in [5, 5.41) is 3.18. The maximum Gasteiger partial charge on any atom is 0.263 e. The van der Waals surface area contributed by atoms with Gasteiger partial charge in [0.15, 0.2) is 0 Å². The Balaban J connectivity index is 2.08. The number of rotatable bonds is 5. The van der Waals surface area contributed by atoms with Crippen molar-refractivity contribution in [1.82, 2.24) is 0 Å². The zero-order chi connectivity index (χ0) is 13.7. The molecule has 1 N–H and O–H groups in total. The lowest BCUT2D eigenvalue weighted by Gasteiger charge is -2.11. The molecule has 0 saturated heterocycles. The maximum absolute atomic E-state index is 12.6. The Hall–Kier alpha value is -2.10. The third kappa shape index (κ3) is 3.44. The summed E-state index contributed by atoms with van der Waals surface area (Å²) in [6, 6.07) is 13.9. The quantitative estimate of drug-likeness (QED) is 0.871. The Bertz CT molecular complexity index is 543. The summed E-state index contributed by atoms with van der Waals surface area (Å²) in [4.78, 5) is 0. The normalized spacial score (nSPS) is 10.5. The van der Waals surface area contributed by atoms with Crippen LogP contribution >= 0.6 is 0 Å². The summed E-state index contributed by atoms with van der Waals surface area (Å²) in [6.07, 6.45) is -2.44. The van der Waals surface area contributed by atoms with Gasteiger partial charge in [0.2, 0.25) is 0 Å². The van der Waals surface area contributed by atoms with Gasteiger partial charge in [-0.3, -0.25) is 0 Å². The largest absolute Gasteiger partial charge is 0.495 e. The predicted molar refractivity (Wildman–Crippen MR) is 71.7 cm³/mol. The summed E-state index contributed by atoms with van der Waals surface area (Å²) in [5.74, 6) is 0.729. The fourth-order valence-electron chi connectivity index (χ4n) is 1.83. The van der Waals surface area contributed by atoms with Gasteiger partial charge >= 0.3 is 0 Å². The molecule has 19 heavy (non-hydrogen) atoms. The maximum atomic E-state index is 12.6. The molecule has 0 aliphatic carbocycles. The van der Waals surface area contributed by atoms with Crippen LogP contribution in [-0.4, -0.2) is 7.11 Å². The molecular formula is C15H15F2NO. The first kappa shape index (κ1) is 13.3. The van der Waals surface area contributed by atoms with Gasteiger partial charge in [-0.2, -0.15) is 0 Å². The highest BCUT2D eigenvalue weighted by Gasteiger charge is 2.07. The Morgan fingerprint density at radius 3 is 2.63 bits per heavy atom. The Kier molecular flexibility index (Phi) is 4.34. The van der Waals surface area contributed by atoms with E-state index in [9.17, 15) is 8.78 Å². The zero-order valence-corrected chi connectivity index (χ0v) is 10.6. The molecule has 2 nitrogen and oxygen atoms in total. The topological polar surface area (TPSA) is 21.3 Å². The van der Waals surface area contributed by atoms with Crippen LogP contribution in [0.15, 0.2) is 48.5 Å². The van der Waals surface area contributed by atoms with Crippen molar-refractivity contribution >= 4 is 5.69 Å². The molecule has 0 unspecified atom stereocenters. The highest BCUT2D eigenvalue weighted by atomic mass is 19.3. The van der Waals surface area contributed by atoms with E-state index in [0.717, 1.165) is 17.0 Å². The minimum Gasteiger partial charge on any atom is -0.495 e. The number of para-hydroxylation sites is 2. The first-order valence-corrected chi connectivity index (χ1v) is 5.94. The van der Waals surface area contributed by atoms with Crippen molar-refractivity contribution in [2.24, 2.45) is 0 Å². The molecule has 0 radical (unpaired) electrons. The third-order valence-corrected chi connectivity index (χ3v) is 2.79. The lowest BCUT2D eigenvalue weighted by atomic mass is 10.1. The second-order valence-corrected chi connectivity index (χ2v) is 4.10. The van der Waals surface area contributed by atoms with E-state index in [1.807, 2.05) is 30.3 Å². The molecule has 0 aliphatic heterocycles. The molecular weight excluding hydrogens is 248 g/mol. The smallest absolute Gasteiger partial charge is 0.263 e. The number of alkyl halides is 2. The molecule has 0 amide bonds. The highest BCUT2D eigenvalue weighted by Crippen LogP contribution is 2.24. The number of hydrogen-bond acceptors (Lipinski definition) is 2. The number of anilines is 1. The van der Waals surface area contributed by atoms with Crippen LogP contribution in [0.5, 0.6) is 5.75 Å². The Labute approximate surface area is 111 Å². The van der Waals surface area contributed by atoms with Crippen LogP contribution in [0.1, 0.15) is 17.6 Å². The second kappa shape index (κ2) is 6.18. The molecule has 0 saturated carbocycles. The summed E-state index contributed by atoms with van der Waals surface area (Å²) in [5.41, 5.74) is 1.69. The number of benzene rings is 2. The van der Waals surface area contributed by atoms with E-state index in [1.165, 1.54) is 12.1 Å². The molecule has 0 spiro atoms. The fraction of sp³-hybridized carbons (Fsp3) is 0.200. The SMILES string of the molecule is COc1ccccc1NCc1cccc(C(F)F)c1. The summed E-state index contributed by atoms with van der Waals surface area (Å²) in [7, 11) is 1.60. The van der Waals surface area contributed by atoms with Gasteiger partial charge in [-0.25, -0.2) is 8.78 Å². The van der Waals surface area contributed by atoms with Crippen LogP contribution in [-0.2, 0) is 6.54 Å². The molecule has 0 fully saturated rings. The van der Waals surface area contributed by atoms with Crippen molar-refractivity contribution in [2.75, 3.05) is 12.4 Å². The van der Waals surface area contributed by atoms with Crippen molar-refractivity contribution in [2.45, 2.75) is 13.0 Å². The average Bonchev–Trinajstić information content (AvgIpc) is 2.45.